The lowest BCUT2D eigenvalue weighted by Gasteiger charge is -2.37. The molecule has 0 saturated heterocycles. The Morgan fingerprint density at radius 1 is 1.00 bits per heavy atom. The van der Waals surface area contributed by atoms with Crippen LogP contribution in [0, 0.1) is 11.6 Å². The van der Waals surface area contributed by atoms with Crippen LogP contribution < -0.4 is 0 Å². The van der Waals surface area contributed by atoms with Gasteiger partial charge in [0.2, 0.25) is 0 Å². The van der Waals surface area contributed by atoms with Gasteiger partial charge < -0.3 is 0 Å². The Bertz CT molecular complexity index is 372. The maximum Gasteiger partial charge on any atom is 0.148 e. The summed E-state index contributed by atoms with van der Waals surface area (Å²) in [6.45, 7) is 14.0. The van der Waals surface area contributed by atoms with E-state index in [1.165, 1.54) is 0 Å². The summed E-state index contributed by atoms with van der Waals surface area (Å²) in [5.41, 5.74) is 5.68. The highest BCUT2D eigenvalue weighted by molar-refractivity contribution is 6.90. The molecular weight excluding hydrogens is 224 g/mol. The zero-order valence-electron chi connectivity index (χ0n) is 11.9. The predicted octanol–water partition coefficient (Wildman–Crippen LogP) is 3.91. The van der Waals surface area contributed by atoms with E-state index in [4.69, 9.17) is 0 Å². The molecule has 1 aromatic rings. The van der Waals surface area contributed by atoms with Gasteiger partial charge in [0.1, 0.15) is 14.4 Å². The average molecular weight is 248 g/mol. The minimum absolute atomic E-state index is 0.679. The van der Waals surface area contributed by atoms with Crippen molar-refractivity contribution in [2.24, 2.45) is 0 Å². The standard InChI is InChI=1S/C14H24N2Si/c1-12(2)17(13(3)4,14(5)6)10-9-16-8-7-15-11-16/h7-8,11-14H,1-6H3. The summed E-state index contributed by atoms with van der Waals surface area (Å²) in [4.78, 5) is 4.03. The van der Waals surface area contributed by atoms with Gasteiger partial charge in [0.15, 0.2) is 0 Å². The molecule has 0 radical (unpaired) electrons. The lowest BCUT2D eigenvalue weighted by Crippen LogP contribution is -2.43. The van der Waals surface area contributed by atoms with Gasteiger partial charge in [-0.05, 0) is 16.6 Å². The summed E-state index contributed by atoms with van der Waals surface area (Å²) < 4.78 is 1.87. The first-order valence-corrected chi connectivity index (χ1v) is 8.65. The monoisotopic (exact) mass is 248 g/mol. The fraction of sp³-hybridized carbons (Fsp3) is 0.643. The summed E-state index contributed by atoms with van der Waals surface area (Å²) in [6, 6.07) is 3.28. The highest BCUT2D eigenvalue weighted by atomic mass is 28.3. The molecule has 0 aliphatic carbocycles. The van der Waals surface area contributed by atoms with Crippen LogP contribution in [0.3, 0.4) is 0 Å². The number of hydrogen-bond donors (Lipinski definition) is 0. The van der Waals surface area contributed by atoms with Crippen molar-refractivity contribution < 1.29 is 0 Å². The minimum Gasteiger partial charge on any atom is -0.266 e. The van der Waals surface area contributed by atoms with E-state index in [2.05, 4.69) is 58.1 Å². The van der Waals surface area contributed by atoms with Crippen LogP contribution in [0.25, 0.3) is 0 Å². The first-order valence-electron chi connectivity index (χ1n) is 6.42. The van der Waals surface area contributed by atoms with Crippen LogP contribution in [-0.2, 0) is 0 Å². The maximum absolute atomic E-state index is 4.03. The second kappa shape index (κ2) is 5.55. The van der Waals surface area contributed by atoms with Gasteiger partial charge in [0.05, 0.1) is 0 Å². The summed E-state index contributed by atoms with van der Waals surface area (Å²) in [7, 11) is -1.59. The minimum atomic E-state index is -1.59. The van der Waals surface area contributed by atoms with Crippen molar-refractivity contribution in [3.05, 3.63) is 18.7 Å². The molecule has 0 fully saturated rings. The second-order valence-electron chi connectivity index (χ2n) is 5.60. The van der Waals surface area contributed by atoms with Gasteiger partial charge in [-0.1, -0.05) is 41.5 Å². The number of imidazole rings is 1. The van der Waals surface area contributed by atoms with Crippen molar-refractivity contribution >= 4 is 8.07 Å². The van der Waals surface area contributed by atoms with Gasteiger partial charge in [-0.15, -0.1) is 5.54 Å². The van der Waals surface area contributed by atoms with E-state index in [9.17, 15) is 0 Å². The smallest absolute Gasteiger partial charge is 0.148 e. The molecule has 2 nitrogen and oxygen atoms in total. The first kappa shape index (κ1) is 14.0. The molecule has 94 valence electrons. The van der Waals surface area contributed by atoms with Gasteiger partial charge in [-0.25, -0.2) is 4.98 Å². The number of rotatable bonds is 3. The molecule has 0 aliphatic rings. The molecule has 0 amide bonds. The Hall–Kier alpha value is -1.01. The quantitative estimate of drug-likeness (QED) is 0.586. The molecule has 0 aromatic carbocycles. The Kier molecular flexibility index (Phi) is 4.59. The Morgan fingerprint density at radius 2 is 1.53 bits per heavy atom. The third kappa shape index (κ3) is 2.81. The summed E-state index contributed by atoms with van der Waals surface area (Å²) in [6.07, 6.45) is 5.46. The lowest BCUT2D eigenvalue weighted by atomic mass is 10.5. The zero-order chi connectivity index (χ0) is 13.1. The summed E-state index contributed by atoms with van der Waals surface area (Å²) >= 11 is 0. The molecule has 0 aliphatic heterocycles. The molecule has 0 N–H and O–H groups in total. The van der Waals surface area contributed by atoms with Crippen molar-refractivity contribution in [1.82, 2.24) is 9.55 Å². The fourth-order valence-electron chi connectivity index (χ4n) is 2.92. The molecule has 0 bridgehead atoms. The summed E-state index contributed by atoms with van der Waals surface area (Å²) in [5.74, 6) is 0. The SMILES string of the molecule is CC(C)[Si](C#Cn1ccnc1)(C(C)C)C(C)C. The summed E-state index contributed by atoms with van der Waals surface area (Å²) in [5, 5.41) is 0. The molecule has 3 heteroatoms. The van der Waals surface area contributed by atoms with Crippen molar-refractivity contribution in [3.63, 3.8) is 0 Å². The van der Waals surface area contributed by atoms with Crippen LogP contribution in [0.1, 0.15) is 41.5 Å². The van der Waals surface area contributed by atoms with Gasteiger partial charge in [0, 0.05) is 18.4 Å². The molecule has 1 aromatic heterocycles. The number of nitrogens with zero attached hydrogens (tertiary/aromatic N) is 2. The molecule has 0 saturated carbocycles. The Morgan fingerprint density at radius 3 is 1.88 bits per heavy atom. The van der Waals surface area contributed by atoms with Crippen LogP contribution in [0.2, 0.25) is 16.6 Å². The molecule has 17 heavy (non-hydrogen) atoms. The average Bonchev–Trinajstić information content (AvgIpc) is 2.69. The normalized spacial score (nSPS) is 12.1. The van der Waals surface area contributed by atoms with Crippen LogP contribution in [0.5, 0.6) is 0 Å². The fourth-order valence-corrected chi connectivity index (χ4v) is 8.11. The van der Waals surface area contributed by atoms with E-state index in [0.29, 0.717) is 16.6 Å². The second-order valence-corrected chi connectivity index (χ2v) is 11.2. The highest BCUT2D eigenvalue weighted by Crippen LogP contribution is 2.40. The van der Waals surface area contributed by atoms with Crippen LogP contribution in [-0.4, -0.2) is 17.6 Å². The molecule has 1 heterocycles. The molecule has 0 atom stereocenters. The molecule has 0 unspecified atom stereocenters. The van der Waals surface area contributed by atoms with E-state index >= 15 is 0 Å². The number of aromatic nitrogens is 2. The molecule has 1 rings (SSSR count). The van der Waals surface area contributed by atoms with Gasteiger partial charge >= 0.3 is 0 Å². The van der Waals surface area contributed by atoms with E-state index in [1.807, 2.05) is 10.8 Å². The van der Waals surface area contributed by atoms with Crippen LogP contribution in [0.4, 0.5) is 0 Å². The largest absolute Gasteiger partial charge is 0.266 e. The van der Waals surface area contributed by atoms with Crippen molar-refractivity contribution in [2.75, 3.05) is 0 Å². The van der Waals surface area contributed by atoms with Gasteiger partial charge in [0.25, 0.3) is 0 Å². The topological polar surface area (TPSA) is 17.8 Å². The highest BCUT2D eigenvalue weighted by Gasteiger charge is 2.41. The van der Waals surface area contributed by atoms with E-state index in [1.54, 1.807) is 12.5 Å². The van der Waals surface area contributed by atoms with Crippen molar-refractivity contribution in [2.45, 2.75) is 58.2 Å². The van der Waals surface area contributed by atoms with Crippen LogP contribution >= 0.6 is 0 Å². The Balaban J connectivity index is 3.15. The van der Waals surface area contributed by atoms with Gasteiger partial charge in [-0.2, -0.15) is 0 Å². The number of hydrogen-bond acceptors (Lipinski definition) is 1. The maximum atomic E-state index is 4.03. The van der Waals surface area contributed by atoms with E-state index < -0.39 is 8.07 Å². The van der Waals surface area contributed by atoms with Crippen molar-refractivity contribution in [3.8, 4) is 11.6 Å². The Labute approximate surface area is 106 Å². The van der Waals surface area contributed by atoms with E-state index in [0.717, 1.165) is 0 Å². The van der Waals surface area contributed by atoms with E-state index in [-0.39, 0.29) is 0 Å². The third-order valence-corrected chi connectivity index (χ3v) is 10.0. The van der Waals surface area contributed by atoms with Gasteiger partial charge in [-0.3, -0.25) is 4.57 Å². The molecule has 0 spiro atoms. The predicted molar refractivity (Wildman–Crippen MR) is 76.4 cm³/mol. The first-order chi connectivity index (χ1) is 7.91. The zero-order valence-corrected chi connectivity index (χ0v) is 12.9. The molecular formula is C14H24N2Si. The van der Waals surface area contributed by atoms with Crippen molar-refractivity contribution in [1.29, 1.82) is 0 Å². The van der Waals surface area contributed by atoms with Crippen LogP contribution in [0.15, 0.2) is 18.7 Å². The lowest BCUT2D eigenvalue weighted by molar-refractivity contribution is 0.838. The third-order valence-electron chi connectivity index (χ3n) is 3.77.